The van der Waals surface area contributed by atoms with Gasteiger partial charge in [-0.3, -0.25) is 0 Å². The van der Waals surface area contributed by atoms with Gasteiger partial charge in [-0.05, 0) is 185 Å². The minimum Gasteiger partial charge on any atom is -0.136 e. The highest BCUT2D eigenvalue weighted by Crippen LogP contribution is 2.53. The third-order valence-electron chi connectivity index (χ3n) is 13.2. The van der Waals surface area contributed by atoms with Gasteiger partial charge in [0.15, 0.2) is 0 Å². The van der Waals surface area contributed by atoms with E-state index in [0.717, 1.165) is 11.1 Å². The highest BCUT2D eigenvalue weighted by molar-refractivity contribution is 7.20. The lowest BCUT2D eigenvalue weighted by atomic mass is 9.80. The van der Waals surface area contributed by atoms with Crippen LogP contribution in [0.1, 0.15) is 67.3 Å². The summed E-state index contributed by atoms with van der Waals surface area (Å²) in [6.45, 7) is 22.2. The van der Waals surface area contributed by atoms with Gasteiger partial charge < -0.3 is 0 Å². The lowest BCUT2D eigenvalue weighted by Gasteiger charge is -2.23. The number of hydrogen-bond donors (Lipinski definition) is 0. The summed E-state index contributed by atoms with van der Waals surface area (Å²) in [6, 6.07) is 45.8. The Bertz CT molecular complexity index is 3470. The maximum absolute atomic E-state index is 4.37. The largest absolute Gasteiger partial charge is 0.136 e. The second kappa shape index (κ2) is 14.3. The summed E-state index contributed by atoms with van der Waals surface area (Å²) in [5.41, 5.74) is 16.2. The Hall–Kier alpha value is -6.54. The first-order valence-electron chi connectivity index (χ1n) is 21.1. The van der Waals surface area contributed by atoms with E-state index in [1.807, 2.05) is 23.5 Å². The van der Waals surface area contributed by atoms with Gasteiger partial charge in [0.2, 0.25) is 0 Å². The Morgan fingerprint density at radius 1 is 0.533 bits per heavy atom. The standard InChI is InChI=1S/C59H48S/c1-9-17-54-35(6)50-34-51-41(33-55(50)60-54)26-28-49-52-32-40(27-29-53(52)59(7,8)58(49)51)38-22-23-39-31-42(25-24-37(39)30-38)56-43(10-2)45(12-4)57(46(13-5)44(56)11-3)48-21-16-19-36-18-14-15-20-47(36)48/h9-34H,2,4H2,1,3,5-8H3/b17-9-,44-11+,46-13+. The first-order chi connectivity index (χ1) is 29.2. The molecule has 0 spiro atoms. The molecule has 0 atom stereocenters. The molecule has 0 saturated carbocycles. The molecule has 1 heterocycles. The fourth-order valence-corrected chi connectivity index (χ4v) is 11.6. The van der Waals surface area contributed by atoms with Crippen LogP contribution in [-0.4, -0.2) is 0 Å². The van der Waals surface area contributed by atoms with E-state index in [9.17, 15) is 0 Å². The molecule has 0 bridgehead atoms. The van der Waals surface area contributed by atoms with E-state index in [2.05, 4.69) is 200 Å². The van der Waals surface area contributed by atoms with Crippen LogP contribution in [0.25, 0.3) is 117 Å². The molecule has 0 unspecified atom stereocenters. The lowest BCUT2D eigenvalue weighted by molar-refractivity contribution is 0.666. The summed E-state index contributed by atoms with van der Waals surface area (Å²) in [6.07, 6.45) is 12.9. The summed E-state index contributed by atoms with van der Waals surface area (Å²) in [5, 5.41) is 11.4. The van der Waals surface area contributed by atoms with Gasteiger partial charge in [0.05, 0.1) is 0 Å². The number of thiophene rings is 1. The maximum atomic E-state index is 4.37. The van der Waals surface area contributed by atoms with E-state index in [1.165, 1.54) is 119 Å². The molecule has 1 heteroatoms. The molecule has 60 heavy (non-hydrogen) atoms. The number of hydrogen-bond acceptors (Lipinski definition) is 1. The van der Waals surface area contributed by atoms with Gasteiger partial charge in [0.25, 0.3) is 0 Å². The molecule has 0 radical (unpaired) electrons. The zero-order valence-electron chi connectivity index (χ0n) is 35.3. The van der Waals surface area contributed by atoms with Crippen LogP contribution in [-0.2, 0) is 5.41 Å². The van der Waals surface area contributed by atoms with Gasteiger partial charge in [-0.25, -0.2) is 0 Å². The second-order valence-corrected chi connectivity index (χ2v) is 17.8. The lowest BCUT2D eigenvalue weighted by Crippen LogP contribution is -2.31. The number of benzene rings is 8. The van der Waals surface area contributed by atoms with Crippen LogP contribution < -0.4 is 10.4 Å². The smallest absolute Gasteiger partial charge is 0.0358 e. The van der Waals surface area contributed by atoms with Crippen molar-refractivity contribution in [1.29, 1.82) is 0 Å². The highest BCUT2D eigenvalue weighted by atomic mass is 32.1. The van der Waals surface area contributed by atoms with Crippen molar-refractivity contribution >= 4 is 84.1 Å². The molecular weight excluding hydrogens is 741 g/mol. The maximum Gasteiger partial charge on any atom is 0.0358 e. The molecule has 10 rings (SSSR count). The van der Waals surface area contributed by atoms with E-state index in [4.69, 9.17) is 0 Å². The van der Waals surface area contributed by atoms with Gasteiger partial charge in [0.1, 0.15) is 0 Å². The van der Waals surface area contributed by atoms with Crippen molar-refractivity contribution < 1.29 is 0 Å². The van der Waals surface area contributed by atoms with E-state index in [-0.39, 0.29) is 5.41 Å². The molecule has 0 amide bonds. The van der Waals surface area contributed by atoms with Crippen LogP contribution in [0, 0.1) is 6.92 Å². The first-order valence-corrected chi connectivity index (χ1v) is 21.9. The predicted octanol–water partition coefficient (Wildman–Crippen LogP) is 15.9. The van der Waals surface area contributed by atoms with Crippen LogP contribution in [0.15, 0.2) is 141 Å². The summed E-state index contributed by atoms with van der Waals surface area (Å²) in [7, 11) is 0. The summed E-state index contributed by atoms with van der Waals surface area (Å²) >= 11 is 1.89. The van der Waals surface area contributed by atoms with Gasteiger partial charge >= 0.3 is 0 Å². The molecule has 9 aromatic rings. The molecule has 0 nitrogen and oxygen atoms in total. The van der Waals surface area contributed by atoms with Crippen molar-refractivity contribution in [2.75, 3.05) is 0 Å². The third-order valence-corrected chi connectivity index (χ3v) is 14.4. The predicted molar refractivity (Wildman–Crippen MR) is 267 cm³/mol. The third kappa shape index (κ3) is 5.56. The van der Waals surface area contributed by atoms with Crippen molar-refractivity contribution in [3.05, 3.63) is 184 Å². The molecule has 290 valence electrons. The van der Waals surface area contributed by atoms with Gasteiger partial charge in [-0.15, -0.1) is 11.3 Å². The number of rotatable bonds is 6. The van der Waals surface area contributed by atoms with Crippen molar-refractivity contribution in [2.45, 2.75) is 47.0 Å². The Morgan fingerprint density at radius 3 is 1.93 bits per heavy atom. The van der Waals surface area contributed by atoms with Crippen LogP contribution in [0.4, 0.5) is 0 Å². The van der Waals surface area contributed by atoms with E-state index >= 15 is 0 Å². The monoisotopic (exact) mass is 788 g/mol. The summed E-state index contributed by atoms with van der Waals surface area (Å²) in [4.78, 5) is 1.35. The van der Waals surface area contributed by atoms with Crippen molar-refractivity contribution in [3.63, 3.8) is 0 Å². The Morgan fingerprint density at radius 2 is 1.18 bits per heavy atom. The molecule has 1 aromatic heterocycles. The molecule has 0 N–H and O–H groups in total. The van der Waals surface area contributed by atoms with Gasteiger partial charge in [0, 0.05) is 15.0 Å². The molecule has 0 aliphatic heterocycles. The van der Waals surface area contributed by atoms with E-state index in [0.29, 0.717) is 0 Å². The Labute approximate surface area is 357 Å². The highest BCUT2D eigenvalue weighted by Gasteiger charge is 2.37. The van der Waals surface area contributed by atoms with E-state index in [1.54, 1.807) is 0 Å². The van der Waals surface area contributed by atoms with Gasteiger partial charge in [-0.2, -0.15) is 0 Å². The molecule has 1 aliphatic rings. The fraction of sp³-hybridized carbons (Fsp3) is 0.119. The van der Waals surface area contributed by atoms with Crippen LogP contribution in [0.5, 0.6) is 0 Å². The topological polar surface area (TPSA) is 0 Å². The minimum absolute atomic E-state index is 0.112. The Kier molecular flexibility index (Phi) is 9.01. The van der Waals surface area contributed by atoms with E-state index < -0.39 is 0 Å². The SMILES string of the molecule is C=Cc1c(C=C)c(-c2cccc3ccccc23)c(=C/C)/c(=C\C)c1-c1ccc2cc(-c3ccc4c(c3)-c3ccc5cc6sc(/C=C\C)c(C)c6cc5c3C4(C)C)ccc2c1. The zero-order valence-corrected chi connectivity index (χ0v) is 36.2. The average Bonchev–Trinajstić information content (AvgIpc) is 3.71. The normalized spacial score (nSPS) is 13.9. The van der Waals surface area contributed by atoms with Crippen molar-refractivity contribution in [2.24, 2.45) is 0 Å². The Balaban J connectivity index is 1.08. The number of allylic oxidation sites excluding steroid dienone is 1. The van der Waals surface area contributed by atoms with Crippen LogP contribution >= 0.6 is 11.3 Å². The van der Waals surface area contributed by atoms with Crippen LogP contribution in [0.2, 0.25) is 0 Å². The molecular formula is C59H48S. The summed E-state index contributed by atoms with van der Waals surface area (Å²) < 4.78 is 1.36. The summed E-state index contributed by atoms with van der Waals surface area (Å²) in [5.74, 6) is 0. The zero-order chi connectivity index (χ0) is 41.4. The average molecular weight is 789 g/mol. The fourth-order valence-electron chi connectivity index (χ4n) is 10.4. The quantitative estimate of drug-likeness (QED) is 0.157. The molecule has 0 fully saturated rings. The minimum atomic E-state index is -0.112. The van der Waals surface area contributed by atoms with Gasteiger partial charge in [-0.1, -0.05) is 148 Å². The van der Waals surface area contributed by atoms with Crippen molar-refractivity contribution in [1.82, 2.24) is 0 Å². The van der Waals surface area contributed by atoms with Crippen molar-refractivity contribution in [3.8, 4) is 44.5 Å². The molecule has 1 aliphatic carbocycles. The van der Waals surface area contributed by atoms with Crippen LogP contribution in [0.3, 0.4) is 0 Å². The second-order valence-electron chi connectivity index (χ2n) is 16.7. The molecule has 8 aromatic carbocycles. The molecule has 0 saturated heterocycles. The first kappa shape index (κ1) is 37.7. The number of fused-ring (bicyclic) bond motifs is 8. The number of aryl methyl sites for hydroxylation is 1.